The number of nitriles is 1. The Kier molecular flexibility index (Phi) is 4.36. The summed E-state index contributed by atoms with van der Waals surface area (Å²) in [7, 11) is 0. The summed E-state index contributed by atoms with van der Waals surface area (Å²) in [4.78, 5) is 3.94. The molecule has 0 spiro atoms. The molecule has 0 amide bonds. The van der Waals surface area contributed by atoms with Gasteiger partial charge < -0.3 is 0 Å². The maximum atomic E-state index is 9.34. The topological polar surface area (TPSA) is 36.7 Å². The van der Waals surface area contributed by atoms with E-state index in [2.05, 4.69) is 27.0 Å². The van der Waals surface area contributed by atoms with Crippen molar-refractivity contribution in [3.8, 4) is 6.07 Å². The van der Waals surface area contributed by atoms with Crippen molar-refractivity contribution in [3.63, 3.8) is 0 Å². The Bertz CT molecular complexity index is 672. The van der Waals surface area contributed by atoms with Crippen LogP contribution in [0.5, 0.6) is 0 Å². The molecule has 0 aliphatic rings. The fourth-order valence-electron chi connectivity index (χ4n) is 1.71. The maximum absolute atomic E-state index is 9.34. The number of aryl methyl sites for hydroxylation is 1. The predicted octanol–water partition coefficient (Wildman–Crippen LogP) is 4.78. The Morgan fingerprint density at radius 2 is 1.95 bits per heavy atom. The molecule has 0 saturated carbocycles. The second kappa shape index (κ2) is 6.01. The summed E-state index contributed by atoms with van der Waals surface area (Å²) in [5, 5.41) is 9.78. The molecule has 0 atom stereocenters. The molecule has 4 heteroatoms. The minimum absolute atomic E-state index is 0.435. The maximum Gasteiger partial charge on any atom is 0.101 e. The quantitative estimate of drug-likeness (QED) is 0.741. The molecule has 0 aliphatic carbocycles. The van der Waals surface area contributed by atoms with Gasteiger partial charge in [0.25, 0.3) is 0 Å². The number of nitrogens with zero attached hydrogens (tertiary/aromatic N) is 2. The Labute approximate surface area is 125 Å². The lowest BCUT2D eigenvalue weighted by atomic mass is 10.0. The van der Waals surface area contributed by atoms with Crippen molar-refractivity contribution in [1.82, 2.24) is 4.98 Å². The van der Waals surface area contributed by atoms with Crippen LogP contribution >= 0.6 is 27.5 Å². The summed E-state index contributed by atoms with van der Waals surface area (Å²) in [5.41, 5.74) is 3.09. The lowest BCUT2D eigenvalue weighted by molar-refractivity contribution is 1.32. The number of rotatable bonds is 2. The Hall–Kier alpha value is -1.63. The van der Waals surface area contributed by atoms with Gasteiger partial charge in [0.15, 0.2) is 0 Å². The third-order valence-electron chi connectivity index (χ3n) is 2.73. The van der Waals surface area contributed by atoms with E-state index in [-0.39, 0.29) is 0 Å². The van der Waals surface area contributed by atoms with E-state index < -0.39 is 0 Å². The molecule has 0 bridgehead atoms. The van der Waals surface area contributed by atoms with Gasteiger partial charge in [0.1, 0.15) is 6.07 Å². The van der Waals surface area contributed by atoms with Crippen LogP contribution in [-0.4, -0.2) is 4.98 Å². The number of hydrogen-bond acceptors (Lipinski definition) is 2. The molecule has 0 aliphatic heterocycles. The standard InChI is InChI=1S/C15H10BrClN2/c1-10-3-2-4-12(14(10)16)15(17)13(9-18)11-5-7-19-8-6-11/h2-8H,1H3/b15-13+. The van der Waals surface area contributed by atoms with Crippen molar-refractivity contribution < 1.29 is 0 Å². The van der Waals surface area contributed by atoms with Crippen molar-refractivity contribution in [3.05, 3.63) is 63.9 Å². The Morgan fingerprint density at radius 3 is 2.58 bits per heavy atom. The number of benzene rings is 1. The molecular formula is C15H10BrClN2. The van der Waals surface area contributed by atoms with Crippen LogP contribution in [-0.2, 0) is 0 Å². The number of hydrogen-bond donors (Lipinski definition) is 0. The number of aromatic nitrogens is 1. The second-order valence-corrected chi connectivity index (χ2v) is 5.14. The zero-order chi connectivity index (χ0) is 13.8. The lowest BCUT2D eigenvalue weighted by Gasteiger charge is -2.08. The third-order valence-corrected chi connectivity index (χ3v) is 4.17. The monoisotopic (exact) mass is 332 g/mol. The molecule has 0 radical (unpaired) electrons. The largest absolute Gasteiger partial charge is 0.265 e. The van der Waals surface area contributed by atoms with Gasteiger partial charge in [-0.05, 0) is 46.1 Å². The fraction of sp³-hybridized carbons (Fsp3) is 0.0667. The first-order valence-corrected chi connectivity index (χ1v) is 6.78. The van der Waals surface area contributed by atoms with Gasteiger partial charge in [-0.25, -0.2) is 0 Å². The number of allylic oxidation sites excluding steroid dienone is 1. The van der Waals surface area contributed by atoms with Crippen LogP contribution in [0.25, 0.3) is 10.6 Å². The summed E-state index contributed by atoms with van der Waals surface area (Å²) < 4.78 is 0.904. The average Bonchev–Trinajstić information content (AvgIpc) is 2.44. The molecule has 0 saturated heterocycles. The van der Waals surface area contributed by atoms with Gasteiger partial charge in [0.2, 0.25) is 0 Å². The van der Waals surface area contributed by atoms with E-state index in [1.54, 1.807) is 24.5 Å². The van der Waals surface area contributed by atoms with Gasteiger partial charge in [0.05, 0.1) is 10.6 Å². The summed E-state index contributed by atoms with van der Waals surface area (Å²) in [5.74, 6) is 0. The summed E-state index contributed by atoms with van der Waals surface area (Å²) in [6.07, 6.45) is 3.28. The van der Waals surface area contributed by atoms with Crippen LogP contribution in [0.3, 0.4) is 0 Å². The van der Waals surface area contributed by atoms with Crippen molar-refractivity contribution in [1.29, 1.82) is 5.26 Å². The van der Waals surface area contributed by atoms with Crippen LogP contribution in [0.15, 0.2) is 47.2 Å². The molecule has 1 aromatic heterocycles. The molecule has 0 unspecified atom stereocenters. The Balaban J connectivity index is 2.63. The van der Waals surface area contributed by atoms with E-state index in [0.717, 1.165) is 21.2 Å². The van der Waals surface area contributed by atoms with E-state index in [0.29, 0.717) is 10.6 Å². The van der Waals surface area contributed by atoms with E-state index in [4.69, 9.17) is 11.6 Å². The first kappa shape index (κ1) is 13.8. The van der Waals surface area contributed by atoms with Gasteiger partial charge in [0, 0.05) is 22.4 Å². The minimum Gasteiger partial charge on any atom is -0.265 e. The fourth-order valence-corrected chi connectivity index (χ4v) is 2.60. The van der Waals surface area contributed by atoms with Crippen LogP contribution in [0.1, 0.15) is 16.7 Å². The smallest absolute Gasteiger partial charge is 0.101 e. The second-order valence-electron chi connectivity index (χ2n) is 3.97. The highest BCUT2D eigenvalue weighted by molar-refractivity contribution is 9.10. The van der Waals surface area contributed by atoms with Gasteiger partial charge in [-0.1, -0.05) is 29.8 Å². The van der Waals surface area contributed by atoms with E-state index in [1.165, 1.54) is 0 Å². The summed E-state index contributed by atoms with van der Waals surface area (Å²) >= 11 is 9.90. The number of pyridine rings is 1. The average molecular weight is 334 g/mol. The molecule has 1 heterocycles. The van der Waals surface area contributed by atoms with E-state index in [9.17, 15) is 5.26 Å². The molecular weight excluding hydrogens is 324 g/mol. The molecule has 19 heavy (non-hydrogen) atoms. The van der Waals surface area contributed by atoms with Crippen molar-refractivity contribution in [2.75, 3.05) is 0 Å². The first-order chi connectivity index (χ1) is 9.15. The Morgan fingerprint density at radius 1 is 1.26 bits per heavy atom. The highest BCUT2D eigenvalue weighted by Gasteiger charge is 2.12. The minimum atomic E-state index is 0.435. The molecule has 1 aromatic carbocycles. The molecule has 0 fully saturated rings. The SMILES string of the molecule is Cc1cccc(/C(Cl)=C(/C#N)c2ccncc2)c1Br. The summed E-state index contributed by atoms with van der Waals surface area (Å²) in [6.45, 7) is 1.98. The third kappa shape index (κ3) is 2.86. The normalized spacial score (nSPS) is 11.7. The van der Waals surface area contributed by atoms with Crippen molar-refractivity contribution in [2.45, 2.75) is 6.92 Å². The molecule has 2 rings (SSSR count). The number of halogens is 2. The van der Waals surface area contributed by atoms with Crippen LogP contribution in [0, 0.1) is 18.3 Å². The van der Waals surface area contributed by atoms with Crippen molar-refractivity contribution in [2.24, 2.45) is 0 Å². The molecule has 2 nitrogen and oxygen atoms in total. The van der Waals surface area contributed by atoms with Gasteiger partial charge in [-0.15, -0.1) is 0 Å². The predicted molar refractivity (Wildman–Crippen MR) is 81.4 cm³/mol. The van der Waals surface area contributed by atoms with Gasteiger partial charge in [-0.2, -0.15) is 5.26 Å². The van der Waals surface area contributed by atoms with Crippen LogP contribution in [0.2, 0.25) is 0 Å². The molecule has 0 N–H and O–H groups in total. The zero-order valence-electron chi connectivity index (χ0n) is 10.2. The van der Waals surface area contributed by atoms with Crippen molar-refractivity contribution >= 4 is 38.1 Å². The lowest BCUT2D eigenvalue weighted by Crippen LogP contribution is -1.89. The highest BCUT2D eigenvalue weighted by atomic mass is 79.9. The first-order valence-electron chi connectivity index (χ1n) is 5.61. The van der Waals surface area contributed by atoms with Gasteiger partial charge in [-0.3, -0.25) is 4.98 Å². The van der Waals surface area contributed by atoms with E-state index >= 15 is 0 Å². The zero-order valence-corrected chi connectivity index (χ0v) is 12.5. The van der Waals surface area contributed by atoms with Crippen LogP contribution < -0.4 is 0 Å². The highest BCUT2D eigenvalue weighted by Crippen LogP contribution is 2.34. The van der Waals surface area contributed by atoms with Crippen LogP contribution in [0.4, 0.5) is 0 Å². The van der Waals surface area contributed by atoms with E-state index in [1.807, 2.05) is 25.1 Å². The molecule has 94 valence electrons. The molecule has 2 aromatic rings. The summed E-state index contributed by atoms with van der Waals surface area (Å²) in [6, 6.07) is 11.5. The van der Waals surface area contributed by atoms with Gasteiger partial charge >= 0.3 is 0 Å².